The van der Waals surface area contributed by atoms with Crippen molar-refractivity contribution in [1.82, 2.24) is 0 Å². The maximum Gasteiger partial charge on any atom is 0.0954 e. The predicted molar refractivity (Wildman–Crippen MR) is 74.4 cm³/mol. The van der Waals surface area contributed by atoms with E-state index in [9.17, 15) is 0 Å². The van der Waals surface area contributed by atoms with Gasteiger partial charge in [-0.05, 0) is 36.4 Å². The molecular formula is C14H13ClN2. The molecule has 0 heterocycles. The quantitative estimate of drug-likeness (QED) is 0.585. The average molecular weight is 245 g/mol. The highest BCUT2D eigenvalue weighted by Crippen LogP contribution is 2.16. The van der Waals surface area contributed by atoms with Crippen molar-refractivity contribution in [2.75, 3.05) is 11.9 Å². The normalized spacial score (nSPS) is 10.7. The van der Waals surface area contributed by atoms with Crippen LogP contribution in [-0.2, 0) is 0 Å². The van der Waals surface area contributed by atoms with Gasteiger partial charge in [0, 0.05) is 17.8 Å². The fraction of sp³-hybridized carbons (Fsp3) is 0.0714. The Morgan fingerprint density at radius 1 is 1.00 bits per heavy atom. The van der Waals surface area contributed by atoms with Crippen molar-refractivity contribution >= 4 is 29.3 Å². The Bertz CT molecular complexity index is 491. The summed E-state index contributed by atoms with van der Waals surface area (Å²) >= 11 is 5.84. The molecule has 0 atom stereocenters. The van der Waals surface area contributed by atoms with Gasteiger partial charge in [0.15, 0.2) is 0 Å². The maximum atomic E-state index is 5.84. The first-order chi connectivity index (χ1) is 8.25. The Kier molecular flexibility index (Phi) is 3.78. The van der Waals surface area contributed by atoms with Gasteiger partial charge in [0.1, 0.15) is 0 Å². The summed E-state index contributed by atoms with van der Waals surface area (Å²) in [7, 11) is 1.95. The predicted octanol–water partition coefficient (Wildman–Crippen LogP) is 4.14. The Morgan fingerprint density at radius 3 is 2.29 bits per heavy atom. The van der Waals surface area contributed by atoms with E-state index < -0.39 is 0 Å². The van der Waals surface area contributed by atoms with Crippen molar-refractivity contribution in [3.63, 3.8) is 0 Å². The molecule has 0 aliphatic heterocycles. The van der Waals surface area contributed by atoms with Crippen LogP contribution in [0, 0.1) is 0 Å². The third-order valence-corrected chi connectivity index (χ3v) is 2.62. The van der Waals surface area contributed by atoms with E-state index in [-0.39, 0.29) is 0 Å². The highest BCUT2D eigenvalue weighted by Gasteiger charge is 1.96. The van der Waals surface area contributed by atoms with Gasteiger partial charge < -0.3 is 4.90 Å². The van der Waals surface area contributed by atoms with Crippen LogP contribution in [-0.4, -0.2) is 13.4 Å². The average Bonchev–Trinajstić information content (AvgIpc) is 2.38. The molecule has 0 aromatic heterocycles. The van der Waals surface area contributed by atoms with Crippen LogP contribution in [0.15, 0.2) is 59.6 Å². The SMILES string of the molecule is CN(C=Nc1ccccc1)c1ccc(Cl)cc1. The van der Waals surface area contributed by atoms with Gasteiger partial charge in [0.05, 0.1) is 12.0 Å². The first kappa shape index (κ1) is 11.7. The lowest BCUT2D eigenvalue weighted by molar-refractivity contribution is 1.28. The third kappa shape index (κ3) is 3.33. The molecule has 0 saturated carbocycles. The number of para-hydroxylation sites is 1. The number of rotatable bonds is 3. The molecule has 0 radical (unpaired) electrons. The molecule has 2 rings (SSSR count). The fourth-order valence-electron chi connectivity index (χ4n) is 1.41. The molecule has 0 fully saturated rings. The van der Waals surface area contributed by atoms with Crippen LogP contribution in [0.3, 0.4) is 0 Å². The summed E-state index contributed by atoms with van der Waals surface area (Å²) in [5.74, 6) is 0. The molecule has 3 heteroatoms. The van der Waals surface area contributed by atoms with E-state index in [0.717, 1.165) is 16.4 Å². The monoisotopic (exact) mass is 244 g/mol. The number of hydrogen-bond acceptors (Lipinski definition) is 1. The van der Waals surface area contributed by atoms with E-state index in [4.69, 9.17) is 11.6 Å². The molecule has 0 bridgehead atoms. The molecule has 2 aromatic rings. The molecule has 17 heavy (non-hydrogen) atoms. The third-order valence-electron chi connectivity index (χ3n) is 2.37. The van der Waals surface area contributed by atoms with E-state index in [1.54, 1.807) is 6.34 Å². The largest absolute Gasteiger partial charge is 0.336 e. The van der Waals surface area contributed by atoms with Crippen LogP contribution in [0.25, 0.3) is 0 Å². The molecule has 2 nitrogen and oxygen atoms in total. The highest BCUT2D eigenvalue weighted by molar-refractivity contribution is 6.30. The van der Waals surface area contributed by atoms with Crippen molar-refractivity contribution in [1.29, 1.82) is 0 Å². The van der Waals surface area contributed by atoms with Crippen molar-refractivity contribution in [3.8, 4) is 0 Å². The maximum absolute atomic E-state index is 5.84. The van der Waals surface area contributed by atoms with Crippen molar-refractivity contribution in [2.24, 2.45) is 4.99 Å². The van der Waals surface area contributed by atoms with Gasteiger partial charge in [-0.3, -0.25) is 0 Å². The van der Waals surface area contributed by atoms with Crippen molar-refractivity contribution in [2.45, 2.75) is 0 Å². The summed E-state index contributed by atoms with van der Waals surface area (Å²) in [5, 5.41) is 0.738. The van der Waals surface area contributed by atoms with Gasteiger partial charge in [-0.2, -0.15) is 0 Å². The summed E-state index contributed by atoms with van der Waals surface area (Å²) in [5.41, 5.74) is 1.99. The second kappa shape index (κ2) is 5.51. The summed E-state index contributed by atoms with van der Waals surface area (Å²) < 4.78 is 0. The zero-order valence-corrected chi connectivity index (χ0v) is 10.3. The minimum Gasteiger partial charge on any atom is -0.336 e. The lowest BCUT2D eigenvalue weighted by Crippen LogP contribution is -2.13. The van der Waals surface area contributed by atoms with Gasteiger partial charge >= 0.3 is 0 Å². The number of anilines is 1. The Labute approximate surface area is 106 Å². The Balaban J connectivity index is 2.09. The Morgan fingerprint density at radius 2 is 1.65 bits per heavy atom. The van der Waals surface area contributed by atoms with E-state index in [1.165, 1.54) is 0 Å². The minimum atomic E-state index is 0.738. The Hall–Kier alpha value is -1.80. The van der Waals surface area contributed by atoms with Gasteiger partial charge in [-0.25, -0.2) is 4.99 Å². The van der Waals surface area contributed by atoms with E-state index in [1.807, 2.05) is 66.5 Å². The summed E-state index contributed by atoms with van der Waals surface area (Å²) in [6.45, 7) is 0. The van der Waals surface area contributed by atoms with Crippen LogP contribution in [0.1, 0.15) is 0 Å². The van der Waals surface area contributed by atoms with Crippen molar-refractivity contribution < 1.29 is 0 Å². The van der Waals surface area contributed by atoms with Crippen LogP contribution < -0.4 is 4.90 Å². The van der Waals surface area contributed by atoms with Crippen molar-refractivity contribution in [3.05, 3.63) is 59.6 Å². The zero-order valence-electron chi connectivity index (χ0n) is 9.55. The standard InChI is InChI=1S/C14H13ClN2/c1-17(14-9-7-12(15)8-10-14)11-16-13-5-3-2-4-6-13/h2-11H,1H3. The molecule has 0 unspecified atom stereocenters. The van der Waals surface area contributed by atoms with Crippen LogP contribution >= 0.6 is 11.6 Å². The number of halogens is 1. The molecule has 86 valence electrons. The smallest absolute Gasteiger partial charge is 0.0954 e. The van der Waals surface area contributed by atoms with E-state index >= 15 is 0 Å². The molecular weight excluding hydrogens is 232 g/mol. The lowest BCUT2D eigenvalue weighted by Gasteiger charge is -2.12. The number of aliphatic imine (C=N–C) groups is 1. The number of nitrogens with zero attached hydrogens (tertiary/aromatic N) is 2. The molecule has 0 aliphatic carbocycles. The van der Waals surface area contributed by atoms with Crippen LogP contribution in [0.5, 0.6) is 0 Å². The van der Waals surface area contributed by atoms with Gasteiger partial charge in [-0.1, -0.05) is 29.8 Å². The zero-order chi connectivity index (χ0) is 12.1. The first-order valence-electron chi connectivity index (χ1n) is 5.33. The second-order valence-corrected chi connectivity index (χ2v) is 4.10. The van der Waals surface area contributed by atoms with Gasteiger partial charge in [0.25, 0.3) is 0 Å². The fourth-order valence-corrected chi connectivity index (χ4v) is 1.54. The summed E-state index contributed by atoms with van der Waals surface area (Å²) in [6, 6.07) is 17.5. The minimum absolute atomic E-state index is 0.738. The first-order valence-corrected chi connectivity index (χ1v) is 5.71. The van der Waals surface area contributed by atoms with Gasteiger partial charge in [-0.15, -0.1) is 0 Å². The molecule has 0 amide bonds. The van der Waals surface area contributed by atoms with Gasteiger partial charge in [0.2, 0.25) is 0 Å². The molecule has 0 N–H and O–H groups in total. The molecule has 0 aliphatic rings. The van der Waals surface area contributed by atoms with Crippen LogP contribution in [0.2, 0.25) is 5.02 Å². The van der Waals surface area contributed by atoms with E-state index in [2.05, 4.69) is 4.99 Å². The number of hydrogen-bond donors (Lipinski definition) is 0. The summed E-state index contributed by atoms with van der Waals surface area (Å²) in [4.78, 5) is 6.32. The molecule has 0 saturated heterocycles. The second-order valence-electron chi connectivity index (χ2n) is 3.67. The lowest BCUT2D eigenvalue weighted by atomic mass is 10.3. The molecule has 2 aromatic carbocycles. The van der Waals surface area contributed by atoms with E-state index in [0.29, 0.717) is 0 Å². The highest BCUT2D eigenvalue weighted by atomic mass is 35.5. The van der Waals surface area contributed by atoms with Crippen LogP contribution in [0.4, 0.5) is 11.4 Å². The summed E-state index contributed by atoms with van der Waals surface area (Å²) in [6.07, 6.45) is 1.79. The number of benzene rings is 2. The molecule has 0 spiro atoms. The topological polar surface area (TPSA) is 15.6 Å².